The van der Waals surface area contributed by atoms with Gasteiger partial charge >= 0.3 is 11.6 Å². The predicted molar refractivity (Wildman–Crippen MR) is 107 cm³/mol. The molecule has 0 aliphatic rings. The van der Waals surface area contributed by atoms with E-state index in [0.29, 0.717) is 17.8 Å². The summed E-state index contributed by atoms with van der Waals surface area (Å²) in [4.78, 5) is 35.8. The van der Waals surface area contributed by atoms with E-state index in [0.717, 1.165) is 16.5 Å². The molecule has 0 radical (unpaired) electrons. The van der Waals surface area contributed by atoms with Crippen molar-refractivity contribution in [3.63, 3.8) is 0 Å². The SMILES string of the molecule is COC(=O)C(Cc1ccccc1)NC(=O)COc1ccc2c(C)cc(=O)oc2c1. The van der Waals surface area contributed by atoms with E-state index in [9.17, 15) is 14.4 Å². The van der Waals surface area contributed by atoms with Crippen molar-refractivity contribution in [2.45, 2.75) is 19.4 Å². The molecule has 2 aromatic carbocycles. The highest BCUT2D eigenvalue weighted by molar-refractivity contribution is 5.85. The fourth-order valence-corrected chi connectivity index (χ4v) is 2.97. The number of aryl methyl sites for hydroxylation is 1. The number of methoxy groups -OCH3 is 1. The number of carbonyl (C=O) groups is 2. The van der Waals surface area contributed by atoms with Crippen LogP contribution in [0.3, 0.4) is 0 Å². The Labute approximate surface area is 167 Å². The minimum Gasteiger partial charge on any atom is -0.484 e. The normalized spacial score (nSPS) is 11.7. The lowest BCUT2D eigenvalue weighted by atomic mass is 10.1. The fourth-order valence-electron chi connectivity index (χ4n) is 2.97. The molecule has 0 bridgehead atoms. The van der Waals surface area contributed by atoms with Crippen LogP contribution in [-0.2, 0) is 20.7 Å². The smallest absolute Gasteiger partial charge is 0.336 e. The van der Waals surface area contributed by atoms with Gasteiger partial charge in [-0.15, -0.1) is 0 Å². The molecule has 0 aliphatic heterocycles. The van der Waals surface area contributed by atoms with Crippen LogP contribution in [0.15, 0.2) is 63.8 Å². The fraction of sp³-hybridized carbons (Fsp3) is 0.227. The molecule has 0 saturated carbocycles. The van der Waals surface area contributed by atoms with E-state index in [2.05, 4.69) is 5.32 Å². The molecule has 0 aliphatic carbocycles. The van der Waals surface area contributed by atoms with Crippen molar-refractivity contribution in [1.82, 2.24) is 5.32 Å². The third-order valence-corrected chi connectivity index (χ3v) is 4.40. The average Bonchev–Trinajstić information content (AvgIpc) is 2.71. The van der Waals surface area contributed by atoms with Crippen LogP contribution in [0.1, 0.15) is 11.1 Å². The van der Waals surface area contributed by atoms with Gasteiger partial charge in [-0.3, -0.25) is 4.79 Å². The molecule has 0 fully saturated rings. The van der Waals surface area contributed by atoms with Gasteiger partial charge in [-0.25, -0.2) is 9.59 Å². The molecule has 1 atom stereocenters. The molecular formula is C22H21NO6. The Morgan fingerprint density at radius 3 is 2.59 bits per heavy atom. The summed E-state index contributed by atoms with van der Waals surface area (Å²) in [6, 6.07) is 14.9. The van der Waals surface area contributed by atoms with E-state index >= 15 is 0 Å². The zero-order valence-corrected chi connectivity index (χ0v) is 16.1. The predicted octanol–water partition coefficient (Wildman–Crippen LogP) is 2.38. The molecule has 29 heavy (non-hydrogen) atoms. The van der Waals surface area contributed by atoms with Gasteiger partial charge in [-0.1, -0.05) is 30.3 Å². The monoisotopic (exact) mass is 395 g/mol. The number of fused-ring (bicyclic) bond motifs is 1. The summed E-state index contributed by atoms with van der Waals surface area (Å²) in [5.74, 6) is -0.633. The number of hydrogen-bond donors (Lipinski definition) is 1. The quantitative estimate of drug-likeness (QED) is 0.488. The summed E-state index contributed by atoms with van der Waals surface area (Å²) in [6.07, 6.45) is 0.305. The molecule has 1 heterocycles. The summed E-state index contributed by atoms with van der Waals surface area (Å²) in [6.45, 7) is 1.51. The maximum absolute atomic E-state index is 12.3. The highest BCUT2D eigenvalue weighted by atomic mass is 16.5. The van der Waals surface area contributed by atoms with Gasteiger partial charge in [0.05, 0.1) is 7.11 Å². The van der Waals surface area contributed by atoms with Gasteiger partial charge in [-0.05, 0) is 30.2 Å². The average molecular weight is 395 g/mol. The zero-order valence-electron chi connectivity index (χ0n) is 16.1. The van der Waals surface area contributed by atoms with Gasteiger partial charge < -0.3 is 19.2 Å². The Balaban J connectivity index is 1.65. The Bertz CT molecular complexity index is 1070. The summed E-state index contributed by atoms with van der Waals surface area (Å²) in [5.41, 5.74) is 1.61. The van der Waals surface area contributed by atoms with Gasteiger partial charge in [0.2, 0.25) is 0 Å². The molecule has 7 nitrogen and oxygen atoms in total. The van der Waals surface area contributed by atoms with E-state index < -0.39 is 23.5 Å². The number of amides is 1. The van der Waals surface area contributed by atoms with Gasteiger partial charge in [0.15, 0.2) is 6.61 Å². The molecular weight excluding hydrogens is 374 g/mol. The Kier molecular flexibility index (Phi) is 6.29. The Morgan fingerprint density at radius 2 is 1.86 bits per heavy atom. The number of ether oxygens (including phenoxy) is 2. The molecule has 0 saturated heterocycles. The summed E-state index contributed by atoms with van der Waals surface area (Å²) >= 11 is 0. The lowest BCUT2D eigenvalue weighted by Crippen LogP contribution is -2.44. The summed E-state index contributed by atoms with van der Waals surface area (Å²) in [7, 11) is 1.27. The van der Waals surface area contributed by atoms with Crippen LogP contribution in [0.4, 0.5) is 0 Å². The molecule has 1 amide bonds. The second-order valence-corrected chi connectivity index (χ2v) is 6.53. The van der Waals surface area contributed by atoms with Crippen LogP contribution in [0, 0.1) is 6.92 Å². The highest BCUT2D eigenvalue weighted by Gasteiger charge is 2.22. The van der Waals surface area contributed by atoms with E-state index in [1.165, 1.54) is 13.2 Å². The van der Waals surface area contributed by atoms with Gasteiger partial charge in [0.25, 0.3) is 5.91 Å². The minimum absolute atomic E-state index is 0.302. The minimum atomic E-state index is -0.823. The first-order valence-electron chi connectivity index (χ1n) is 9.04. The van der Waals surface area contributed by atoms with Crippen molar-refractivity contribution in [2.24, 2.45) is 0 Å². The number of rotatable bonds is 7. The Morgan fingerprint density at radius 1 is 1.10 bits per heavy atom. The number of esters is 1. The van der Waals surface area contributed by atoms with Crippen LogP contribution in [0.2, 0.25) is 0 Å². The largest absolute Gasteiger partial charge is 0.484 e. The van der Waals surface area contributed by atoms with Gasteiger partial charge in [0, 0.05) is 23.9 Å². The molecule has 7 heteroatoms. The van der Waals surface area contributed by atoms with E-state index in [-0.39, 0.29) is 6.61 Å². The Hall–Kier alpha value is -3.61. The summed E-state index contributed by atoms with van der Waals surface area (Å²) < 4.78 is 15.4. The lowest BCUT2D eigenvalue weighted by molar-refractivity contribution is -0.145. The highest BCUT2D eigenvalue weighted by Crippen LogP contribution is 2.22. The van der Waals surface area contributed by atoms with Crippen LogP contribution < -0.4 is 15.7 Å². The van der Waals surface area contributed by atoms with Crippen LogP contribution >= 0.6 is 0 Å². The van der Waals surface area contributed by atoms with E-state index in [1.807, 2.05) is 37.3 Å². The number of hydrogen-bond acceptors (Lipinski definition) is 6. The second kappa shape index (κ2) is 9.05. The first-order valence-corrected chi connectivity index (χ1v) is 9.04. The van der Waals surface area contributed by atoms with Crippen molar-refractivity contribution in [3.8, 4) is 5.75 Å². The van der Waals surface area contributed by atoms with Crippen molar-refractivity contribution < 1.29 is 23.5 Å². The molecule has 1 aromatic heterocycles. The van der Waals surface area contributed by atoms with Gasteiger partial charge in [-0.2, -0.15) is 0 Å². The molecule has 1 unspecified atom stereocenters. The molecule has 1 N–H and O–H groups in total. The van der Waals surface area contributed by atoms with E-state index in [4.69, 9.17) is 13.9 Å². The van der Waals surface area contributed by atoms with Crippen molar-refractivity contribution in [1.29, 1.82) is 0 Å². The number of nitrogens with one attached hydrogen (secondary N) is 1. The topological polar surface area (TPSA) is 94.8 Å². The van der Waals surface area contributed by atoms with Crippen molar-refractivity contribution in [2.75, 3.05) is 13.7 Å². The maximum atomic E-state index is 12.3. The zero-order chi connectivity index (χ0) is 20.8. The molecule has 3 aromatic rings. The van der Waals surface area contributed by atoms with Gasteiger partial charge in [0.1, 0.15) is 17.4 Å². The number of carbonyl (C=O) groups excluding carboxylic acids is 2. The van der Waals surface area contributed by atoms with E-state index in [1.54, 1.807) is 18.2 Å². The maximum Gasteiger partial charge on any atom is 0.336 e. The third kappa shape index (κ3) is 5.22. The molecule has 3 rings (SSSR count). The van der Waals surface area contributed by atoms with Crippen molar-refractivity contribution >= 4 is 22.8 Å². The van der Waals surface area contributed by atoms with Crippen LogP contribution in [-0.4, -0.2) is 31.6 Å². The summed E-state index contributed by atoms with van der Waals surface area (Å²) in [5, 5.41) is 3.42. The standard InChI is InChI=1S/C22H21NO6/c1-14-10-21(25)29-19-12-16(8-9-17(14)19)28-13-20(24)23-18(22(26)27-2)11-15-6-4-3-5-7-15/h3-10,12,18H,11,13H2,1-2H3,(H,23,24). The second-order valence-electron chi connectivity index (χ2n) is 6.53. The first kappa shape index (κ1) is 20.1. The molecule has 0 spiro atoms. The van der Waals surface area contributed by atoms with Crippen LogP contribution in [0.25, 0.3) is 11.0 Å². The third-order valence-electron chi connectivity index (χ3n) is 4.40. The lowest BCUT2D eigenvalue weighted by Gasteiger charge is -2.17. The van der Waals surface area contributed by atoms with Crippen LogP contribution in [0.5, 0.6) is 5.75 Å². The first-order chi connectivity index (χ1) is 14.0. The van der Waals surface area contributed by atoms with Crippen molar-refractivity contribution in [3.05, 3.63) is 76.1 Å². The number of benzene rings is 2. The molecule has 150 valence electrons.